The number of pyridine rings is 1. The molecule has 1 aliphatic rings. The Morgan fingerprint density at radius 1 is 1.00 bits per heavy atom. The highest BCUT2D eigenvalue weighted by Gasteiger charge is 2.14. The van der Waals surface area contributed by atoms with Gasteiger partial charge in [-0.1, -0.05) is 12.1 Å². The molecule has 0 saturated carbocycles. The summed E-state index contributed by atoms with van der Waals surface area (Å²) in [5.41, 5.74) is 1.42. The van der Waals surface area contributed by atoms with Crippen molar-refractivity contribution < 1.29 is 4.74 Å². The monoisotopic (exact) mass is 290 g/mol. The Morgan fingerprint density at radius 3 is 2.40 bits per heavy atom. The minimum absolute atomic E-state index is 0. The zero-order chi connectivity index (χ0) is 12.9. The molecule has 0 atom stereocenters. The van der Waals surface area contributed by atoms with Gasteiger partial charge in [-0.15, -0.1) is 12.4 Å². The summed E-state index contributed by atoms with van der Waals surface area (Å²) in [6, 6.07) is 12.2. The number of nitrogens with one attached hydrogen (secondary N) is 1. The molecule has 106 valence electrons. The van der Waals surface area contributed by atoms with E-state index in [9.17, 15) is 0 Å². The Hall–Kier alpha value is -1.58. The second kappa shape index (κ2) is 7.27. The predicted molar refractivity (Wildman–Crippen MR) is 82.8 cm³/mol. The van der Waals surface area contributed by atoms with E-state index < -0.39 is 0 Å². The van der Waals surface area contributed by atoms with Crippen LogP contribution in [0.15, 0.2) is 48.8 Å². The van der Waals surface area contributed by atoms with E-state index in [4.69, 9.17) is 4.74 Å². The fourth-order valence-electron chi connectivity index (χ4n) is 2.51. The first-order valence-electron chi connectivity index (χ1n) is 6.80. The first-order valence-corrected chi connectivity index (χ1v) is 6.80. The van der Waals surface area contributed by atoms with Crippen LogP contribution in [0.4, 0.5) is 0 Å². The van der Waals surface area contributed by atoms with Crippen LogP contribution in [0.5, 0.6) is 11.5 Å². The summed E-state index contributed by atoms with van der Waals surface area (Å²) < 4.78 is 5.75. The van der Waals surface area contributed by atoms with Crippen LogP contribution in [0, 0.1) is 0 Å². The van der Waals surface area contributed by atoms with Crippen LogP contribution in [-0.2, 0) is 0 Å². The van der Waals surface area contributed by atoms with Crippen molar-refractivity contribution in [3.8, 4) is 11.5 Å². The maximum Gasteiger partial charge on any atom is 0.145 e. The van der Waals surface area contributed by atoms with Crippen LogP contribution in [0.1, 0.15) is 24.3 Å². The van der Waals surface area contributed by atoms with Crippen LogP contribution in [-0.4, -0.2) is 18.1 Å². The van der Waals surface area contributed by atoms with Crippen molar-refractivity contribution in [1.82, 2.24) is 10.3 Å². The predicted octanol–water partition coefficient (Wildman–Crippen LogP) is 3.76. The SMILES string of the molecule is Cl.c1cncc(Oc2ccc(C3CCNCC3)cc2)c1. The van der Waals surface area contributed by atoms with E-state index >= 15 is 0 Å². The fourth-order valence-corrected chi connectivity index (χ4v) is 2.51. The molecule has 0 bridgehead atoms. The average Bonchev–Trinajstić information content (AvgIpc) is 2.50. The lowest BCUT2D eigenvalue weighted by atomic mass is 9.90. The molecule has 3 nitrogen and oxygen atoms in total. The molecule has 1 aliphatic heterocycles. The topological polar surface area (TPSA) is 34.1 Å². The van der Waals surface area contributed by atoms with Crippen molar-refractivity contribution in [1.29, 1.82) is 0 Å². The standard InChI is InChI=1S/C16H18N2O.ClH/c1-2-16(12-18-9-1)19-15-5-3-13(4-6-15)14-7-10-17-11-8-14;/h1-6,9,12,14,17H,7-8,10-11H2;1H. The van der Waals surface area contributed by atoms with Gasteiger partial charge in [-0.2, -0.15) is 0 Å². The van der Waals surface area contributed by atoms with Crippen LogP contribution in [0.3, 0.4) is 0 Å². The van der Waals surface area contributed by atoms with E-state index in [1.807, 2.05) is 24.3 Å². The van der Waals surface area contributed by atoms with Gasteiger partial charge in [-0.05, 0) is 61.7 Å². The van der Waals surface area contributed by atoms with Gasteiger partial charge in [0, 0.05) is 6.20 Å². The maximum absolute atomic E-state index is 5.75. The van der Waals surface area contributed by atoms with Gasteiger partial charge in [0.1, 0.15) is 11.5 Å². The molecule has 0 unspecified atom stereocenters. The second-order valence-corrected chi connectivity index (χ2v) is 4.88. The Labute approximate surface area is 125 Å². The van der Waals surface area contributed by atoms with Crippen molar-refractivity contribution in [3.63, 3.8) is 0 Å². The van der Waals surface area contributed by atoms with Gasteiger partial charge < -0.3 is 10.1 Å². The molecule has 2 aromatic rings. The van der Waals surface area contributed by atoms with E-state index in [1.54, 1.807) is 12.4 Å². The van der Waals surface area contributed by atoms with Gasteiger partial charge in [-0.3, -0.25) is 4.98 Å². The van der Waals surface area contributed by atoms with Crippen LogP contribution in [0.25, 0.3) is 0 Å². The van der Waals surface area contributed by atoms with Gasteiger partial charge in [0.15, 0.2) is 0 Å². The van der Waals surface area contributed by atoms with Gasteiger partial charge in [0.05, 0.1) is 6.20 Å². The van der Waals surface area contributed by atoms with Crippen LogP contribution in [0.2, 0.25) is 0 Å². The summed E-state index contributed by atoms with van der Waals surface area (Å²) in [5, 5.41) is 3.40. The number of rotatable bonds is 3. The lowest BCUT2D eigenvalue weighted by Gasteiger charge is -2.23. The molecule has 1 N–H and O–H groups in total. The lowest BCUT2D eigenvalue weighted by Crippen LogP contribution is -2.26. The number of piperidine rings is 1. The summed E-state index contributed by atoms with van der Waals surface area (Å²) >= 11 is 0. The molecule has 2 heterocycles. The molecule has 1 aromatic carbocycles. The fraction of sp³-hybridized carbons (Fsp3) is 0.312. The molecule has 1 fully saturated rings. The smallest absolute Gasteiger partial charge is 0.145 e. The number of halogens is 1. The molecule has 4 heteroatoms. The van der Waals surface area contributed by atoms with Gasteiger partial charge >= 0.3 is 0 Å². The summed E-state index contributed by atoms with van der Waals surface area (Å²) in [7, 11) is 0. The van der Waals surface area contributed by atoms with Crippen molar-refractivity contribution in [2.45, 2.75) is 18.8 Å². The molecule has 0 amide bonds. The number of benzene rings is 1. The number of hydrogen-bond donors (Lipinski definition) is 1. The molecule has 1 aromatic heterocycles. The molecule has 0 radical (unpaired) electrons. The van der Waals surface area contributed by atoms with E-state index in [-0.39, 0.29) is 12.4 Å². The van der Waals surface area contributed by atoms with Crippen molar-refractivity contribution >= 4 is 12.4 Å². The minimum atomic E-state index is 0. The molecular formula is C16H19ClN2O. The normalized spacial score (nSPS) is 15.4. The Bertz CT molecular complexity index is 510. The summed E-state index contributed by atoms with van der Waals surface area (Å²) in [4.78, 5) is 4.04. The minimum Gasteiger partial charge on any atom is -0.456 e. The summed E-state index contributed by atoms with van der Waals surface area (Å²) in [5.74, 6) is 2.33. The number of aromatic nitrogens is 1. The molecular weight excluding hydrogens is 272 g/mol. The highest BCUT2D eigenvalue weighted by atomic mass is 35.5. The summed E-state index contributed by atoms with van der Waals surface area (Å²) in [6.07, 6.45) is 5.92. The number of ether oxygens (including phenoxy) is 1. The first-order chi connectivity index (χ1) is 9.42. The molecule has 0 aliphatic carbocycles. The molecule has 3 rings (SSSR count). The average molecular weight is 291 g/mol. The second-order valence-electron chi connectivity index (χ2n) is 4.88. The zero-order valence-corrected chi connectivity index (χ0v) is 12.1. The van der Waals surface area contributed by atoms with Crippen LogP contribution < -0.4 is 10.1 Å². The Balaban J connectivity index is 0.00000147. The molecule has 1 saturated heterocycles. The molecule has 0 spiro atoms. The first kappa shape index (κ1) is 14.8. The van der Waals surface area contributed by atoms with E-state index in [0.29, 0.717) is 5.92 Å². The third kappa shape index (κ3) is 3.71. The summed E-state index contributed by atoms with van der Waals surface area (Å²) in [6.45, 7) is 2.25. The third-order valence-corrected chi connectivity index (χ3v) is 3.56. The number of nitrogens with zero attached hydrogens (tertiary/aromatic N) is 1. The Kier molecular flexibility index (Phi) is 5.39. The Morgan fingerprint density at radius 2 is 1.75 bits per heavy atom. The highest BCUT2D eigenvalue weighted by Crippen LogP contribution is 2.28. The van der Waals surface area contributed by atoms with E-state index in [0.717, 1.165) is 24.6 Å². The van der Waals surface area contributed by atoms with Crippen molar-refractivity contribution in [3.05, 3.63) is 54.4 Å². The van der Waals surface area contributed by atoms with Crippen molar-refractivity contribution in [2.75, 3.05) is 13.1 Å². The maximum atomic E-state index is 5.75. The number of hydrogen-bond acceptors (Lipinski definition) is 3. The van der Waals surface area contributed by atoms with E-state index in [2.05, 4.69) is 22.4 Å². The lowest BCUT2D eigenvalue weighted by molar-refractivity contribution is 0.458. The third-order valence-electron chi connectivity index (χ3n) is 3.56. The van der Waals surface area contributed by atoms with Gasteiger partial charge in [0.2, 0.25) is 0 Å². The van der Waals surface area contributed by atoms with Gasteiger partial charge in [-0.25, -0.2) is 0 Å². The van der Waals surface area contributed by atoms with E-state index in [1.165, 1.54) is 18.4 Å². The highest BCUT2D eigenvalue weighted by molar-refractivity contribution is 5.85. The largest absolute Gasteiger partial charge is 0.456 e. The zero-order valence-electron chi connectivity index (χ0n) is 11.3. The van der Waals surface area contributed by atoms with Crippen molar-refractivity contribution in [2.24, 2.45) is 0 Å². The van der Waals surface area contributed by atoms with Crippen LogP contribution >= 0.6 is 12.4 Å². The quantitative estimate of drug-likeness (QED) is 0.934. The molecule has 20 heavy (non-hydrogen) atoms. The van der Waals surface area contributed by atoms with Gasteiger partial charge in [0.25, 0.3) is 0 Å².